The van der Waals surface area contributed by atoms with Crippen LogP contribution in [0.5, 0.6) is 5.88 Å². The van der Waals surface area contributed by atoms with Crippen LogP contribution in [0.15, 0.2) is 36.8 Å². The quantitative estimate of drug-likeness (QED) is 0.578. The van der Waals surface area contributed by atoms with E-state index in [1.54, 1.807) is 6.33 Å². The Balaban J connectivity index is 1.57. The summed E-state index contributed by atoms with van der Waals surface area (Å²) >= 11 is 0. The third-order valence-electron chi connectivity index (χ3n) is 5.68. The Bertz CT molecular complexity index is 1240. The molecule has 148 valence electrons. The first-order chi connectivity index (χ1) is 14.0. The maximum absolute atomic E-state index is 11.6. The van der Waals surface area contributed by atoms with Crippen molar-refractivity contribution in [3.05, 3.63) is 36.8 Å². The lowest BCUT2D eigenvalue weighted by molar-refractivity contribution is -0.119. The van der Waals surface area contributed by atoms with Crippen molar-refractivity contribution in [2.24, 2.45) is 20.0 Å². The number of carbonyl (C=O) groups excluding carboxylic acids is 1. The highest BCUT2D eigenvalue weighted by molar-refractivity contribution is 5.88. The Morgan fingerprint density at radius 3 is 2.93 bits per heavy atom. The van der Waals surface area contributed by atoms with Crippen molar-refractivity contribution in [3.63, 3.8) is 0 Å². The first-order valence-electron chi connectivity index (χ1n) is 9.67. The molecule has 29 heavy (non-hydrogen) atoms. The van der Waals surface area contributed by atoms with Gasteiger partial charge < -0.3 is 14.6 Å². The van der Waals surface area contributed by atoms with Gasteiger partial charge in [0.2, 0.25) is 11.8 Å². The first-order valence-corrected chi connectivity index (χ1v) is 9.67. The van der Waals surface area contributed by atoms with Crippen LogP contribution >= 0.6 is 0 Å². The number of ether oxygens (including phenoxy) is 1. The monoisotopic (exact) mass is 390 g/mol. The summed E-state index contributed by atoms with van der Waals surface area (Å²) in [7, 11) is 3.85. The summed E-state index contributed by atoms with van der Waals surface area (Å²) in [6.07, 6.45) is 3.95. The molecule has 1 aliphatic rings. The molecule has 8 nitrogen and oxygen atoms in total. The number of nitrogens with zero attached hydrogens (tertiary/aromatic N) is 5. The normalized spacial score (nSPS) is 17.8. The van der Waals surface area contributed by atoms with Crippen LogP contribution in [0.1, 0.15) is 13.3 Å². The van der Waals surface area contributed by atoms with Gasteiger partial charge in [-0.1, -0.05) is 6.07 Å². The van der Waals surface area contributed by atoms with Gasteiger partial charge in [-0.25, -0.2) is 9.97 Å². The molecule has 1 aromatic carbocycles. The van der Waals surface area contributed by atoms with Crippen molar-refractivity contribution < 1.29 is 9.53 Å². The second kappa shape index (κ2) is 6.58. The van der Waals surface area contributed by atoms with Gasteiger partial charge >= 0.3 is 0 Å². The molecule has 1 fully saturated rings. The summed E-state index contributed by atoms with van der Waals surface area (Å²) < 4.78 is 10.0. The van der Waals surface area contributed by atoms with E-state index in [-0.39, 0.29) is 17.9 Å². The Labute approximate surface area is 167 Å². The minimum absolute atomic E-state index is 0.0719. The molecule has 5 rings (SSSR count). The van der Waals surface area contributed by atoms with E-state index < -0.39 is 0 Å². The van der Waals surface area contributed by atoms with E-state index in [0.29, 0.717) is 18.8 Å². The zero-order valence-electron chi connectivity index (χ0n) is 16.6. The topological polar surface area (TPSA) is 86.9 Å². The van der Waals surface area contributed by atoms with Crippen LogP contribution in [-0.2, 0) is 18.9 Å². The number of imidazole rings is 1. The average molecular weight is 390 g/mol. The number of hydrogen-bond donors (Lipinski definition) is 1. The van der Waals surface area contributed by atoms with Crippen molar-refractivity contribution in [3.8, 4) is 17.1 Å². The van der Waals surface area contributed by atoms with Crippen LogP contribution in [0, 0.1) is 5.92 Å². The Hall–Kier alpha value is -3.42. The van der Waals surface area contributed by atoms with Crippen LogP contribution in [0.2, 0.25) is 0 Å². The Morgan fingerprint density at radius 2 is 2.14 bits per heavy atom. The van der Waals surface area contributed by atoms with E-state index in [9.17, 15) is 4.79 Å². The lowest BCUT2D eigenvalue weighted by Crippen LogP contribution is -2.26. The van der Waals surface area contributed by atoms with Gasteiger partial charge in [-0.2, -0.15) is 5.10 Å². The third-order valence-corrected chi connectivity index (χ3v) is 5.68. The van der Waals surface area contributed by atoms with Crippen LogP contribution in [0.25, 0.3) is 33.2 Å². The van der Waals surface area contributed by atoms with Crippen molar-refractivity contribution in [1.29, 1.82) is 0 Å². The molecule has 0 spiro atoms. The van der Waals surface area contributed by atoms with Crippen molar-refractivity contribution in [1.82, 2.24) is 29.6 Å². The number of hydrogen-bond acceptors (Lipinski definition) is 5. The van der Waals surface area contributed by atoms with Crippen molar-refractivity contribution in [2.45, 2.75) is 19.4 Å². The number of nitrogens with one attached hydrogen (secondary N) is 1. The van der Waals surface area contributed by atoms with Crippen LogP contribution in [0.4, 0.5) is 0 Å². The molecule has 8 heteroatoms. The number of pyridine rings is 1. The average Bonchev–Trinajstić information content (AvgIpc) is 3.41. The van der Waals surface area contributed by atoms with E-state index in [4.69, 9.17) is 9.72 Å². The number of aryl methyl sites for hydroxylation is 2. The first kappa shape index (κ1) is 17.7. The molecule has 3 aromatic heterocycles. The minimum atomic E-state index is -0.143. The molecular formula is C21H22N6O2. The third kappa shape index (κ3) is 3.00. The second-order valence-corrected chi connectivity index (χ2v) is 7.67. The number of rotatable bonds is 4. The van der Waals surface area contributed by atoms with Gasteiger partial charge in [0.1, 0.15) is 11.6 Å². The van der Waals surface area contributed by atoms with Crippen molar-refractivity contribution >= 4 is 27.8 Å². The van der Waals surface area contributed by atoms with Crippen LogP contribution in [-0.4, -0.2) is 42.9 Å². The molecule has 0 radical (unpaired) electrons. The summed E-state index contributed by atoms with van der Waals surface area (Å²) in [5, 5.41) is 8.24. The summed E-state index contributed by atoms with van der Waals surface area (Å²) in [5.74, 6) is 0.737. The van der Waals surface area contributed by atoms with Gasteiger partial charge in [0, 0.05) is 43.9 Å². The predicted octanol–water partition coefficient (Wildman–Crippen LogP) is 2.43. The standard InChI is InChI=1S/C21H22N6O2/c1-12(14-7-19(28)22-9-14)29-21-20-17(23-11-26(20)2)8-16(25-21)13-4-5-18-15(6-13)10-24-27(18)3/h4-6,8,10-12,14H,7,9H2,1-3H3,(H,22,28)/t12?,14-/m1/s1. The van der Waals surface area contributed by atoms with Gasteiger partial charge in [0.15, 0.2) is 0 Å². The fraction of sp³-hybridized carbons (Fsp3) is 0.333. The molecule has 1 amide bonds. The Kier molecular flexibility index (Phi) is 4.01. The fourth-order valence-electron chi connectivity index (χ4n) is 3.92. The van der Waals surface area contributed by atoms with E-state index in [1.807, 2.05) is 54.7 Å². The van der Waals surface area contributed by atoms with Gasteiger partial charge in [-0.3, -0.25) is 9.48 Å². The molecular weight excluding hydrogens is 368 g/mol. The molecule has 2 atom stereocenters. The van der Waals surface area contributed by atoms with E-state index in [2.05, 4.69) is 21.5 Å². The fourth-order valence-corrected chi connectivity index (χ4v) is 3.92. The molecule has 1 aliphatic heterocycles. The smallest absolute Gasteiger partial charge is 0.241 e. The molecule has 4 aromatic rings. The lowest BCUT2D eigenvalue weighted by Gasteiger charge is -2.20. The number of aromatic nitrogens is 5. The zero-order valence-corrected chi connectivity index (χ0v) is 16.6. The summed E-state index contributed by atoms with van der Waals surface area (Å²) in [5.41, 5.74) is 4.51. The Morgan fingerprint density at radius 1 is 1.28 bits per heavy atom. The van der Waals surface area contributed by atoms with Gasteiger partial charge in [-0.15, -0.1) is 0 Å². The minimum Gasteiger partial charge on any atom is -0.473 e. The lowest BCUT2D eigenvalue weighted by atomic mass is 10.0. The zero-order chi connectivity index (χ0) is 20.1. The number of amides is 1. The number of fused-ring (bicyclic) bond motifs is 2. The molecule has 0 bridgehead atoms. The molecule has 0 aliphatic carbocycles. The number of benzene rings is 1. The van der Waals surface area contributed by atoms with E-state index >= 15 is 0 Å². The van der Waals surface area contributed by atoms with Gasteiger partial charge in [0.25, 0.3) is 0 Å². The molecule has 1 N–H and O–H groups in total. The van der Waals surface area contributed by atoms with Crippen LogP contribution in [0.3, 0.4) is 0 Å². The summed E-state index contributed by atoms with van der Waals surface area (Å²) in [4.78, 5) is 20.9. The SMILES string of the molecule is CC(Oc1nc(-c2ccc3c(cnn3C)c2)cc2ncn(C)c12)[C@H]1CNC(=O)C1. The van der Waals surface area contributed by atoms with E-state index in [0.717, 1.165) is 33.2 Å². The highest BCUT2D eigenvalue weighted by Gasteiger charge is 2.29. The molecule has 0 saturated carbocycles. The highest BCUT2D eigenvalue weighted by atomic mass is 16.5. The van der Waals surface area contributed by atoms with Gasteiger partial charge in [0.05, 0.1) is 29.3 Å². The van der Waals surface area contributed by atoms with Crippen LogP contribution < -0.4 is 10.1 Å². The largest absolute Gasteiger partial charge is 0.473 e. The van der Waals surface area contributed by atoms with E-state index in [1.165, 1.54) is 0 Å². The maximum Gasteiger partial charge on any atom is 0.241 e. The summed E-state index contributed by atoms with van der Waals surface area (Å²) in [6, 6.07) is 8.13. The summed E-state index contributed by atoms with van der Waals surface area (Å²) in [6.45, 7) is 2.62. The van der Waals surface area contributed by atoms with Gasteiger partial charge in [-0.05, 0) is 25.1 Å². The predicted molar refractivity (Wildman–Crippen MR) is 109 cm³/mol. The second-order valence-electron chi connectivity index (χ2n) is 7.67. The molecule has 4 heterocycles. The molecule has 1 unspecified atom stereocenters. The highest BCUT2D eigenvalue weighted by Crippen LogP contribution is 2.31. The maximum atomic E-state index is 11.6. The van der Waals surface area contributed by atoms with Crippen molar-refractivity contribution in [2.75, 3.05) is 6.54 Å². The number of carbonyl (C=O) groups is 1. The molecule has 1 saturated heterocycles.